The minimum atomic E-state index is -0.114. The lowest BCUT2D eigenvalue weighted by Gasteiger charge is -2.08. The van der Waals surface area contributed by atoms with Crippen molar-refractivity contribution in [2.45, 2.75) is 24.7 Å². The Hall–Kier alpha value is -1.94. The second kappa shape index (κ2) is 8.49. The summed E-state index contributed by atoms with van der Waals surface area (Å²) in [6.07, 6.45) is 4.17. The van der Waals surface area contributed by atoms with Gasteiger partial charge in [0.1, 0.15) is 5.75 Å². The average molecular weight is 315 g/mol. The molecular formula is C18H21NO2S. The van der Waals surface area contributed by atoms with Gasteiger partial charge in [0.05, 0.1) is 6.61 Å². The van der Waals surface area contributed by atoms with Crippen molar-refractivity contribution in [2.24, 2.45) is 0 Å². The predicted octanol–water partition coefficient (Wildman–Crippen LogP) is 4.84. The van der Waals surface area contributed by atoms with E-state index in [2.05, 4.69) is 12.2 Å². The highest BCUT2D eigenvalue weighted by Crippen LogP contribution is 2.18. The summed E-state index contributed by atoms with van der Waals surface area (Å²) in [7, 11) is 0. The van der Waals surface area contributed by atoms with Crippen LogP contribution in [0.3, 0.4) is 0 Å². The first kappa shape index (κ1) is 16.4. The predicted molar refractivity (Wildman–Crippen MR) is 93.0 cm³/mol. The number of rotatable bonds is 7. The average Bonchev–Trinajstić information content (AvgIpc) is 2.56. The van der Waals surface area contributed by atoms with Crippen molar-refractivity contribution >= 4 is 23.4 Å². The summed E-state index contributed by atoms with van der Waals surface area (Å²) < 4.78 is 5.59. The molecule has 0 saturated heterocycles. The molecule has 0 aromatic heterocycles. The van der Waals surface area contributed by atoms with Gasteiger partial charge in [0.15, 0.2) is 0 Å². The smallest absolute Gasteiger partial charge is 0.255 e. The maximum Gasteiger partial charge on any atom is 0.255 e. The van der Waals surface area contributed by atoms with E-state index in [0.717, 1.165) is 24.3 Å². The molecule has 2 aromatic rings. The Morgan fingerprint density at radius 2 is 1.77 bits per heavy atom. The Bertz CT molecular complexity index is 593. The Labute approximate surface area is 136 Å². The lowest BCUT2D eigenvalue weighted by Crippen LogP contribution is -2.11. The standard InChI is InChI=1S/C18H21NO2S/c1-3-4-13-21-16-9-5-14(6-10-16)18(20)19-15-7-11-17(22-2)12-8-15/h5-12H,3-4,13H2,1-2H3,(H,19,20). The molecule has 1 N–H and O–H groups in total. The summed E-state index contributed by atoms with van der Waals surface area (Å²) in [5.41, 5.74) is 1.42. The molecule has 116 valence electrons. The van der Waals surface area contributed by atoms with Crippen LogP contribution in [0.1, 0.15) is 30.1 Å². The van der Waals surface area contributed by atoms with Crippen molar-refractivity contribution in [2.75, 3.05) is 18.2 Å². The van der Waals surface area contributed by atoms with Crippen molar-refractivity contribution in [1.82, 2.24) is 0 Å². The summed E-state index contributed by atoms with van der Waals surface area (Å²) >= 11 is 1.68. The zero-order chi connectivity index (χ0) is 15.8. The highest BCUT2D eigenvalue weighted by Gasteiger charge is 2.06. The molecule has 0 aliphatic carbocycles. The molecule has 0 bridgehead atoms. The number of nitrogens with one attached hydrogen (secondary N) is 1. The van der Waals surface area contributed by atoms with Crippen LogP contribution in [0.2, 0.25) is 0 Å². The van der Waals surface area contributed by atoms with E-state index < -0.39 is 0 Å². The molecule has 2 aromatic carbocycles. The Balaban J connectivity index is 1.94. The summed E-state index contributed by atoms with van der Waals surface area (Å²) in [5.74, 6) is 0.686. The van der Waals surface area contributed by atoms with Crippen molar-refractivity contribution in [3.8, 4) is 5.75 Å². The van der Waals surface area contributed by atoms with E-state index in [-0.39, 0.29) is 5.91 Å². The molecule has 0 aliphatic rings. The number of thioether (sulfide) groups is 1. The number of anilines is 1. The number of ether oxygens (including phenoxy) is 1. The van der Waals surface area contributed by atoms with Crippen molar-refractivity contribution in [3.63, 3.8) is 0 Å². The zero-order valence-electron chi connectivity index (χ0n) is 13.0. The number of carbonyl (C=O) groups is 1. The van der Waals surface area contributed by atoms with E-state index >= 15 is 0 Å². The first-order valence-electron chi connectivity index (χ1n) is 7.41. The van der Waals surface area contributed by atoms with Crippen LogP contribution in [0.4, 0.5) is 5.69 Å². The summed E-state index contributed by atoms with van der Waals surface area (Å²) in [4.78, 5) is 13.4. The normalized spacial score (nSPS) is 10.3. The second-order valence-corrected chi connectivity index (χ2v) is 5.79. The van der Waals surface area contributed by atoms with Gasteiger partial charge in [-0.2, -0.15) is 0 Å². The zero-order valence-corrected chi connectivity index (χ0v) is 13.8. The van der Waals surface area contributed by atoms with Gasteiger partial charge in [-0.15, -0.1) is 11.8 Å². The third-order valence-corrected chi connectivity index (χ3v) is 3.97. The summed E-state index contributed by atoms with van der Waals surface area (Å²) in [6, 6.07) is 15.0. The Morgan fingerprint density at radius 1 is 1.09 bits per heavy atom. The van der Waals surface area contributed by atoms with E-state index in [0.29, 0.717) is 12.2 Å². The van der Waals surface area contributed by atoms with Gasteiger partial charge in [-0.3, -0.25) is 4.79 Å². The van der Waals surface area contributed by atoms with E-state index in [1.165, 1.54) is 4.90 Å². The highest BCUT2D eigenvalue weighted by atomic mass is 32.2. The fourth-order valence-corrected chi connectivity index (χ4v) is 2.32. The van der Waals surface area contributed by atoms with Crippen LogP contribution < -0.4 is 10.1 Å². The maximum atomic E-state index is 12.2. The Kier molecular flexibility index (Phi) is 6.34. The van der Waals surface area contributed by atoms with Crippen LogP contribution in [0, 0.1) is 0 Å². The molecule has 0 atom stereocenters. The van der Waals surface area contributed by atoms with E-state index in [4.69, 9.17) is 4.74 Å². The summed E-state index contributed by atoms with van der Waals surface area (Å²) in [5, 5.41) is 2.89. The van der Waals surface area contributed by atoms with Gasteiger partial charge < -0.3 is 10.1 Å². The van der Waals surface area contributed by atoms with E-state index in [9.17, 15) is 4.79 Å². The highest BCUT2D eigenvalue weighted by molar-refractivity contribution is 7.98. The van der Waals surface area contributed by atoms with Crippen LogP contribution in [0.5, 0.6) is 5.75 Å². The van der Waals surface area contributed by atoms with Crippen molar-refractivity contribution in [1.29, 1.82) is 0 Å². The number of carbonyl (C=O) groups excluding carboxylic acids is 1. The molecule has 22 heavy (non-hydrogen) atoms. The number of hydrogen-bond acceptors (Lipinski definition) is 3. The molecule has 0 radical (unpaired) electrons. The van der Waals surface area contributed by atoms with Gasteiger partial charge in [-0.1, -0.05) is 13.3 Å². The van der Waals surface area contributed by atoms with Crippen molar-refractivity contribution < 1.29 is 9.53 Å². The minimum Gasteiger partial charge on any atom is -0.494 e. The molecule has 0 fully saturated rings. The SMILES string of the molecule is CCCCOc1ccc(C(=O)Nc2ccc(SC)cc2)cc1. The number of benzene rings is 2. The molecule has 3 nitrogen and oxygen atoms in total. The first-order chi connectivity index (χ1) is 10.7. The summed E-state index contributed by atoms with van der Waals surface area (Å²) in [6.45, 7) is 2.84. The minimum absolute atomic E-state index is 0.114. The van der Waals surface area contributed by atoms with E-state index in [1.807, 2.05) is 42.7 Å². The fourth-order valence-electron chi connectivity index (χ4n) is 1.91. The molecule has 1 amide bonds. The number of amides is 1. The van der Waals surface area contributed by atoms with E-state index in [1.54, 1.807) is 23.9 Å². The van der Waals surface area contributed by atoms with Gasteiger partial charge in [0, 0.05) is 16.1 Å². The molecule has 4 heteroatoms. The van der Waals surface area contributed by atoms with Crippen LogP contribution in [0.25, 0.3) is 0 Å². The lowest BCUT2D eigenvalue weighted by molar-refractivity contribution is 0.102. The third kappa shape index (κ3) is 4.81. The first-order valence-corrected chi connectivity index (χ1v) is 8.63. The molecule has 0 unspecified atom stereocenters. The maximum absolute atomic E-state index is 12.2. The third-order valence-electron chi connectivity index (χ3n) is 3.23. The second-order valence-electron chi connectivity index (χ2n) is 4.91. The molecule has 0 saturated carbocycles. The lowest BCUT2D eigenvalue weighted by atomic mass is 10.2. The van der Waals surface area contributed by atoms with Gasteiger partial charge in [-0.25, -0.2) is 0 Å². The van der Waals surface area contributed by atoms with Crippen LogP contribution in [0.15, 0.2) is 53.4 Å². The van der Waals surface area contributed by atoms with Crippen molar-refractivity contribution in [3.05, 3.63) is 54.1 Å². The van der Waals surface area contributed by atoms with Crippen LogP contribution in [-0.4, -0.2) is 18.8 Å². The molecular weight excluding hydrogens is 294 g/mol. The Morgan fingerprint density at radius 3 is 2.36 bits per heavy atom. The van der Waals surface area contributed by atoms with Gasteiger partial charge in [-0.05, 0) is 61.2 Å². The molecule has 0 heterocycles. The fraction of sp³-hybridized carbons (Fsp3) is 0.278. The van der Waals surface area contributed by atoms with Gasteiger partial charge in [0.25, 0.3) is 5.91 Å². The van der Waals surface area contributed by atoms with Gasteiger partial charge >= 0.3 is 0 Å². The number of hydrogen-bond donors (Lipinski definition) is 1. The quantitative estimate of drug-likeness (QED) is 0.587. The molecule has 0 spiro atoms. The van der Waals surface area contributed by atoms with Crippen LogP contribution in [-0.2, 0) is 0 Å². The number of unbranched alkanes of at least 4 members (excludes halogenated alkanes) is 1. The molecule has 2 rings (SSSR count). The van der Waals surface area contributed by atoms with Crippen LogP contribution >= 0.6 is 11.8 Å². The van der Waals surface area contributed by atoms with Gasteiger partial charge in [0.2, 0.25) is 0 Å². The largest absolute Gasteiger partial charge is 0.494 e. The topological polar surface area (TPSA) is 38.3 Å². The monoisotopic (exact) mass is 315 g/mol. The molecule has 0 aliphatic heterocycles.